The molecule has 0 spiro atoms. The highest BCUT2D eigenvalue weighted by atomic mass is 19.2. The van der Waals surface area contributed by atoms with Crippen LogP contribution in [0.25, 0.3) is 5.57 Å². The minimum absolute atomic E-state index is 0.138. The van der Waals surface area contributed by atoms with Gasteiger partial charge in [-0.2, -0.15) is 14.9 Å². The number of anilines is 1. The van der Waals surface area contributed by atoms with Gasteiger partial charge in [0.15, 0.2) is 17.3 Å². The fourth-order valence-electron chi connectivity index (χ4n) is 1.46. The molecule has 1 heterocycles. The largest absolute Gasteiger partial charge is 0.352 e. The summed E-state index contributed by atoms with van der Waals surface area (Å²) in [4.78, 5) is 9.46. The molecule has 0 aliphatic carbocycles. The van der Waals surface area contributed by atoms with E-state index in [1.807, 2.05) is 5.32 Å². The molecule has 1 aromatic carbocycles. The molecule has 0 radical (unpaired) electrons. The van der Waals surface area contributed by atoms with E-state index in [0.29, 0.717) is 0 Å². The van der Waals surface area contributed by atoms with Gasteiger partial charge in [0, 0.05) is 12.3 Å². The van der Waals surface area contributed by atoms with Gasteiger partial charge in [0.1, 0.15) is 11.6 Å². The Bertz CT molecular complexity index is 798. The summed E-state index contributed by atoms with van der Waals surface area (Å²) in [7, 11) is 0. The van der Waals surface area contributed by atoms with Gasteiger partial charge < -0.3 is 5.32 Å². The van der Waals surface area contributed by atoms with Crippen LogP contribution in [0, 0.1) is 38.9 Å². The molecule has 0 unspecified atom stereocenters. The molecule has 0 aliphatic heterocycles. The number of nitro groups is 1. The van der Waals surface area contributed by atoms with Crippen molar-refractivity contribution in [2.75, 3.05) is 5.32 Å². The van der Waals surface area contributed by atoms with E-state index in [-0.39, 0.29) is 17.5 Å². The van der Waals surface area contributed by atoms with E-state index in [9.17, 15) is 23.3 Å². The standard InChI is InChI=1S/C10H4F3N7O2/c11-5-1-6(12)8(9(7(5)13)20(21)22)15-3-4(2-14)10-16-18-19-17-10/h1,3,15H,(H,16,17,18,19). The predicted octanol–water partition coefficient (Wildman–Crippen LogP) is 1.50. The second kappa shape index (κ2) is 5.87. The molecule has 2 rings (SSSR count). The van der Waals surface area contributed by atoms with Crippen molar-refractivity contribution in [3.8, 4) is 6.07 Å². The van der Waals surface area contributed by atoms with Crippen LogP contribution in [-0.4, -0.2) is 25.5 Å². The third-order valence-corrected chi connectivity index (χ3v) is 2.40. The maximum absolute atomic E-state index is 13.6. The van der Waals surface area contributed by atoms with Crippen molar-refractivity contribution >= 4 is 16.9 Å². The molecule has 9 nitrogen and oxygen atoms in total. The number of aromatic amines is 1. The number of rotatable bonds is 4. The van der Waals surface area contributed by atoms with Gasteiger partial charge in [0.2, 0.25) is 11.6 Å². The van der Waals surface area contributed by atoms with Crippen LogP contribution in [0.4, 0.5) is 24.5 Å². The molecule has 0 atom stereocenters. The molecular weight excluding hydrogens is 307 g/mol. The highest BCUT2D eigenvalue weighted by Gasteiger charge is 2.28. The molecule has 2 N–H and O–H groups in total. The van der Waals surface area contributed by atoms with Crippen LogP contribution < -0.4 is 5.32 Å². The van der Waals surface area contributed by atoms with Gasteiger partial charge in [-0.3, -0.25) is 10.1 Å². The molecule has 0 bridgehead atoms. The molecule has 2 aromatic rings. The summed E-state index contributed by atoms with van der Waals surface area (Å²) in [6, 6.07) is 1.76. The maximum Gasteiger partial charge on any atom is 0.334 e. The van der Waals surface area contributed by atoms with Crippen LogP contribution >= 0.6 is 0 Å². The molecule has 0 saturated heterocycles. The number of aromatic nitrogens is 4. The minimum atomic E-state index is -1.83. The van der Waals surface area contributed by atoms with Gasteiger partial charge in [-0.25, -0.2) is 8.78 Å². The first-order valence-corrected chi connectivity index (χ1v) is 5.38. The lowest BCUT2D eigenvalue weighted by atomic mass is 10.2. The number of nitro benzene ring substituents is 1. The number of hydrogen-bond acceptors (Lipinski definition) is 7. The van der Waals surface area contributed by atoms with Gasteiger partial charge >= 0.3 is 5.69 Å². The molecule has 0 aliphatic rings. The highest BCUT2D eigenvalue weighted by Crippen LogP contribution is 2.32. The number of halogens is 3. The van der Waals surface area contributed by atoms with Crippen LogP contribution in [0.2, 0.25) is 0 Å². The van der Waals surface area contributed by atoms with E-state index in [2.05, 4.69) is 20.6 Å². The van der Waals surface area contributed by atoms with Crippen LogP contribution in [0.15, 0.2) is 12.3 Å². The van der Waals surface area contributed by atoms with Crippen molar-refractivity contribution in [3.05, 3.63) is 45.7 Å². The lowest BCUT2D eigenvalue weighted by Crippen LogP contribution is -2.05. The molecule has 0 amide bonds. The topological polar surface area (TPSA) is 133 Å². The van der Waals surface area contributed by atoms with Crippen LogP contribution in [0.1, 0.15) is 5.82 Å². The molecule has 12 heteroatoms. The van der Waals surface area contributed by atoms with Crippen molar-refractivity contribution in [1.29, 1.82) is 5.26 Å². The first-order valence-electron chi connectivity index (χ1n) is 5.38. The Kier molecular flexibility index (Phi) is 3.98. The zero-order valence-electron chi connectivity index (χ0n) is 10.3. The fourth-order valence-corrected chi connectivity index (χ4v) is 1.46. The normalized spacial score (nSPS) is 11.1. The first kappa shape index (κ1) is 14.9. The van der Waals surface area contributed by atoms with Gasteiger partial charge in [-0.15, -0.1) is 10.2 Å². The average molecular weight is 311 g/mol. The lowest BCUT2D eigenvalue weighted by molar-refractivity contribution is -0.387. The number of tetrazole rings is 1. The van der Waals surface area contributed by atoms with E-state index >= 15 is 0 Å². The third-order valence-electron chi connectivity index (χ3n) is 2.40. The van der Waals surface area contributed by atoms with Crippen molar-refractivity contribution in [2.45, 2.75) is 0 Å². The molecule has 112 valence electrons. The van der Waals surface area contributed by atoms with E-state index in [1.165, 1.54) is 0 Å². The molecule has 0 saturated carbocycles. The van der Waals surface area contributed by atoms with E-state index in [1.54, 1.807) is 6.07 Å². The second-order valence-corrected chi connectivity index (χ2v) is 3.68. The number of benzene rings is 1. The maximum atomic E-state index is 13.6. The number of H-pyrrole nitrogens is 1. The lowest BCUT2D eigenvalue weighted by Gasteiger charge is -2.06. The molecule has 22 heavy (non-hydrogen) atoms. The Morgan fingerprint density at radius 2 is 2.18 bits per heavy atom. The number of nitrogens with one attached hydrogen (secondary N) is 2. The number of hydrogen-bond donors (Lipinski definition) is 2. The van der Waals surface area contributed by atoms with Gasteiger partial charge in [-0.1, -0.05) is 0 Å². The Morgan fingerprint density at radius 1 is 1.45 bits per heavy atom. The van der Waals surface area contributed by atoms with Crippen molar-refractivity contribution < 1.29 is 18.1 Å². The van der Waals surface area contributed by atoms with Gasteiger partial charge in [-0.05, 0) is 5.21 Å². The quantitative estimate of drug-likeness (QED) is 0.378. The summed E-state index contributed by atoms with van der Waals surface area (Å²) in [6.45, 7) is 0. The Balaban J connectivity index is 2.48. The Hall–Kier alpha value is -3.49. The molecular formula is C10H4F3N7O2. The number of nitriles is 1. The zero-order chi connectivity index (χ0) is 16.3. The summed E-state index contributed by atoms with van der Waals surface area (Å²) in [5.41, 5.74) is -2.65. The highest BCUT2D eigenvalue weighted by molar-refractivity contribution is 5.75. The third kappa shape index (κ3) is 2.68. The van der Waals surface area contributed by atoms with Crippen LogP contribution in [0.5, 0.6) is 0 Å². The van der Waals surface area contributed by atoms with Gasteiger partial charge in [0.05, 0.1) is 4.92 Å². The fraction of sp³-hybridized carbons (Fsp3) is 0. The number of nitrogens with zero attached hydrogens (tertiary/aromatic N) is 5. The molecule has 0 fully saturated rings. The number of allylic oxidation sites excluding steroid dienone is 1. The Labute approximate surface area is 119 Å². The SMILES string of the molecule is N#CC(=CNc1c(F)cc(F)c(F)c1[N+](=O)[O-])c1nn[nH]n1. The second-order valence-electron chi connectivity index (χ2n) is 3.68. The molecule has 1 aromatic heterocycles. The predicted molar refractivity (Wildman–Crippen MR) is 64.4 cm³/mol. The summed E-state index contributed by atoms with van der Waals surface area (Å²) in [6.07, 6.45) is 0.799. The summed E-state index contributed by atoms with van der Waals surface area (Å²) in [5.74, 6) is -5.13. The van der Waals surface area contributed by atoms with Crippen LogP contribution in [-0.2, 0) is 0 Å². The Morgan fingerprint density at radius 3 is 2.73 bits per heavy atom. The van der Waals surface area contributed by atoms with Crippen molar-refractivity contribution in [1.82, 2.24) is 20.6 Å². The smallest absolute Gasteiger partial charge is 0.334 e. The van der Waals surface area contributed by atoms with E-state index < -0.39 is 33.7 Å². The average Bonchev–Trinajstić information content (AvgIpc) is 2.98. The van der Waals surface area contributed by atoms with Crippen molar-refractivity contribution in [3.63, 3.8) is 0 Å². The zero-order valence-corrected chi connectivity index (χ0v) is 10.3. The van der Waals surface area contributed by atoms with Crippen molar-refractivity contribution in [2.24, 2.45) is 0 Å². The first-order chi connectivity index (χ1) is 10.5. The van der Waals surface area contributed by atoms with Gasteiger partial charge in [0.25, 0.3) is 0 Å². The monoisotopic (exact) mass is 311 g/mol. The minimum Gasteiger partial charge on any atom is -0.352 e. The summed E-state index contributed by atoms with van der Waals surface area (Å²) >= 11 is 0. The summed E-state index contributed by atoms with van der Waals surface area (Å²) < 4.78 is 40.1. The summed E-state index contributed by atoms with van der Waals surface area (Å²) in [5, 5.41) is 33.9. The van der Waals surface area contributed by atoms with E-state index in [0.717, 1.165) is 6.20 Å². The van der Waals surface area contributed by atoms with Crippen LogP contribution in [0.3, 0.4) is 0 Å². The van der Waals surface area contributed by atoms with E-state index in [4.69, 9.17) is 5.26 Å².